The number of unbranched alkanes of at least 4 members (excludes halogenated alkanes) is 28. The number of carbonyl (C=O) groups excluding carboxylic acids is 2. The Morgan fingerprint density at radius 1 is 0.477 bits per heavy atom. The lowest BCUT2D eigenvalue weighted by Gasteiger charge is -2.19. The van der Waals surface area contributed by atoms with Crippen LogP contribution in [0.3, 0.4) is 0 Å². The SMILES string of the molecule is CC/C=C\C/C=C\C/C=C\C/C=C\C/C=C\CC(=O)OC(COC(=O)CCCCCCCCCCCCCCCCCCCCCCCCCCCCCCC)COP(=O)(O)OCCN. The molecule has 2 atom stereocenters. The zero-order chi connectivity index (χ0) is 47.4. The maximum Gasteiger partial charge on any atom is 0.472 e. The lowest BCUT2D eigenvalue weighted by Crippen LogP contribution is -2.29. The molecule has 9 nitrogen and oxygen atoms in total. The molecule has 0 saturated carbocycles. The van der Waals surface area contributed by atoms with Crippen LogP contribution in [0, 0.1) is 0 Å². The maximum atomic E-state index is 12.6. The number of hydrogen-bond acceptors (Lipinski definition) is 8. The highest BCUT2D eigenvalue weighted by atomic mass is 31.2. The molecular formula is C55H100NO8P. The van der Waals surface area contributed by atoms with E-state index in [-0.39, 0.29) is 32.6 Å². The molecule has 0 aliphatic heterocycles. The molecule has 0 heterocycles. The number of phosphoric acid groups is 1. The molecule has 0 aromatic rings. The van der Waals surface area contributed by atoms with Gasteiger partial charge in [-0.15, -0.1) is 0 Å². The molecule has 0 amide bonds. The van der Waals surface area contributed by atoms with Crippen molar-refractivity contribution in [2.75, 3.05) is 26.4 Å². The van der Waals surface area contributed by atoms with Crippen molar-refractivity contribution >= 4 is 19.8 Å². The van der Waals surface area contributed by atoms with Crippen molar-refractivity contribution in [3.63, 3.8) is 0 Å². The van der Waals surface area contributed by atoms with Gasteiger partial charge in [-0.1, -0.05) is 254 Å². The molecular weight excluding hydrogens is 834 g/mol. The molecule has 0 aliphatic rings. The van der Waals surface area contributed by atoms with Crippen LogP contribution in [0.4, 0.5) is 0 Å². The maximum absolute atomic E-state index is 12.6. The Morgan fingerprint density at radius 3 is 1.20 bits per heavy atom. The van der Waals surface area contributed by atoms with Gasteiger partial charge in [0.1, 0.15) is 6.61 Å². The van der Waals surface area contributed by atoms with Gasteiger partial charge in [0.2, 0.25) is 0 Å². The summed E-state index contributed by atoms with van der Waals surface area (Å²) in [7, 11) is -4.41. The number of phosphoric ester groups is 1. The molecule has 378 valence electrons. The van der Waals surface area contributed by atoms with Gasteiger partial charge in [0.15, 0.2) is 6.10 Å². The van der Waals surface area contributed by atoms with E-state index in [4.69, 9.17) is 24.3 Å². The summed E-state index contributed by atoms with van der Waals surface area (Å²) in [5.74, 6) is -0.969. The van der Waals surface area contributed by atoms with Crippen molar-refractivity contribution in [3.8, 4) is 0 Å². The predicted octanol–water partition coefficient (Wildman–Crippen LogP) is 16.4. The fraction of sp³-hybridized carbons (Fsp3) is 0.782. The first-order valence-electron chi connectivity index (χ1n) is 26.8. The lowest BCUT2D eigenvalue weighted by atomic mass is 10.0. The van der Waals surface area contributed by atoms with Crippen LogP contribution in [0.2, 0.25) is 0 Å². The van der Waals surface area contributed by atoms with E-state index in [2.05, 4.69) is 56.4 Å². The van der Waals surface area contributed by atoms with Crippen LogP contribution in [0.15, 0.2) is 60.8 Å². The second-order valence-electron chi connectivity index (χ2n) is 17.7. The van der Waals surface area contributed by atoms with Crippen molar-refractivity contribution in [1.29, 1.82) is 0 Å². The number of hydrogen-bond donors (Lipinski definition) is 2. The quantitative estimate of drug-likeness (QED) is 0.0265. The molecule has 65 heavy (non-hydrogen) atoms. The fourth-order valence-electron chi connectivity index (χ4n) is 7.54. The smallest absolute Gasteiger partial charge is 0.462 e. The van der Waals surface area contributed by atoms with Gasteiger partial charge < -0.3 is 20.1 Å². The zero-order valence-electron chi connectivity index (χ0n) is 42.0. The summed E-state index contributed by atoms with van der Waals surface area (Å²) in [4.78, 5) is 34.9. The number of allylic oxidation sites excluding steroid dienone is 9. The number of ether oxygens (including phenoxy) is 2. The minimum atomic E-state index is -4.41. The first kappa shape index (κ1) is 62.7. The van der Waals surface area contributed by atoms with Gasteiger partial charge in [-0.05, 0) is 38.5 Å². The lowest BCUT2D eigenvalue weighted by molar-refractivity contribution is -0.160. The van der Waals surface area contributed by atoms with Crippen LogP contribution in [0.1, 0.15) is 245 Å². The monoisotopic (exact) mass is 934 g/mol. The molecule has 0 radical (unpaired) electrons. The van der Waals surface area contributed by atoms with Crippen LogP contribution in [-0.4, -0.2) is 49.3 Å². The Bertz CT molecular complexity index is 1250. The standard InChI is InChI=1S/C55H100NO8P/c1-3-5-7-9-11-13-15-17-19-20-21-22-23-24-25-26-27-28-29-30-31-32-34-35-37-39-41-43-45-47-54(57)61-51-53(52-63-65(59,60)62-50-49-56)64-55(58)48-46-44-42-40-38-36-33-18-16-14-12-10-8-6-4-2/h6,8,12,14,18,33,38,40,44,46,53H,3-5,7,9-11,13,15-17,19-32,34-37,39,41-43,45,47-52,56H2,1-2H3,(H,59,60)/b8-6-,14-12-,33-18-,40-38-,46-44-. The number of rotatable bonds is 50. The Labute approximate surface area is 399 Å². The third kappa shape index (κ3) is 51.0. The van der Waals surface area contributed by atoms with Crippen LogP contribution in [0.5, 0.6) is 0 Å². The third-order valence-electron chi connectivity index (χ3n) is 11.5. The van der Waals surface area contributed by atoms with Gasteiger partial charge >= 0.3 is 19.8 Å². The van der Waals surface area contributed by atoms with Crippen molar-refractivity contribution in [3.05, 3.63) is 60.8 Å². The summed E-state index contributed by atoms with van der Waals surface area (Å²) in [5.41, 5.74) is 5.36. The van der Waals surface area contributed by atoms with Crippen molar-refractivity contribution < 1.29 is 37.6 Å². The van der Waals surface area contributed by atoms with E-state index in [0.29, 0.717) is 6.42 Å². The summed E-state index contributed by atoms with van der Waals surface area (Å²) in [6.07, 6.45) is 63.3. The first-order valence-corrected chi connectivity index (χ1v) is 28.3. The summed E-state index contributed by atoms with van der Waals surface area (Å²) >= 11 is 0. The highest BCUT2D eigenvalue weighted by molar-refractivity contribution is 7.47. The molecule has 0 aromatic carbocycles. The number of esters is 2. The molecule has 0 aromatic heterocycles. The van der Waals surface area contributed by atoms with Gasteiger partial charge in [-0.25, -0.2) is 4.57 Å². The van der Waals surface area contributed by atoms with E-state index in [1.54, 1.807) is 6.08 Å². The van der Waals surface area contributed by atoms with Crippen molar-refractivity contribution in [2.24, 2.45) is 5.73 Å². The zero-order valence-corrected chi connectivity index (χ0v) is 42.9. The Kier molecular flexibility index (Phi) is 49.3. The predicted molar refractivity (Wildman–Crippen MR) is 275 cm³/mol. The topological polar surface area (TPSA) is 134 Å². The summed E-state index contributed by atoms with van der Waals surface area (Å²) in [6.45, 7) is 3.53. The van der Waals surface area contributed by atoms with Crippen LogP contribution in [0.25, 0.3) is 0 Å². The molecule has 0 saturated heterocycles. The first-order chi connectivity index (χ1) is 31.8. The largest absolute Gasteiger partial charge is 0.472 e. The Balaban J connectivity index is 3.96. The second kappa shape index (κ2) is 51.1. The molecule has 0 spiro atoms. The molecule has 0 aliphatic carbocycles. The van der Waals surface area contributed by atoms with E-state index in [1.807, 2.05) is 12.2 Å². The van der Waals surface area contributed by atoms with Gasteiger partial charge in [-0.3, -0.25) is 18.6 Å². The van der Waals surface area contributed by atoms with Crippen LogP contribution < -0.4 is 5.73 Å². The highest BCUT2D eigenvalue weighted by Crippen LogP contribution is 2.43. The van der Waals surface area contributed by atoms with Gasteiger partial charge in [0.25, 0.3) is 0 Å². The molecule has 10 heteroatoms. The highest BCUT2D eigenvalue weighted by Gasteiger charge is 2.25. The number of carbonyl (C=O) groups is 2. The number of nitrogens with two attached hydrogens (primary N) is 1. The third-order valence-corrected chi connectivity index (χ3v) is 12.4. The van der Waals surface area contributed by atoms with Gasteiger partial charge in [0, 0.05) is 13.0 Å². The van der Waals surface area contributed by atoms with Crippen LogP contribution in [-0.2, 0) is 32.7 Å². The second-order valence-corrected chi connectivity index (χ2v) is 19.2. The van der Waals surface area contributed by atoms with Gasteiger partial charge in [-0.2, -0.15) is 0 Å². The molecule has 0 fully saturated rings. The van der Waals surface area contributed by atoms with E-state index < -0.39 is 32.5 Å². The Morgan fingerprint density at radius 2 is 0.831 bits per heavy atom. The van der Waals surface area contributed by atoms with E-state index in [9.17, 15) is 19.0 Å². The van der Waals surface area contributed by atoms with E-state index in [0.717, 1.165) is 44.9 Å². The molecule has 0 bridgehead atoms. The van der Waals surface area contributed by atoms with Crippen molar-refractivity contribution in [2.45, 2.75) is 251 Å². The molecule has 2 unspecified atom stereocenters. The Hall–Kier alpha value is -2.29. The summed E-state index contributed by atoms with van der Waals surface area (Å²) in [6, 6.07) is 0. The van der Waals surface area contributed by atoms with E-state index in [1.165, 1.54) is 167 Å². The van der Waals surface area contributed by atoms with E-state index >= 15 is 0 Å². The summed E-state index contributed by atoms with van der Waals surface area (Å²) < 4.78 is 32.8. The minimum absolute atomic E-state index is 0.00191. The molecule has 3 N–H and O–H groups in total. The fourth-order valence-corrected chi connectivity index (χ4v) is 8.30. The van der Waals surface area contributed by atoms with Gasteiger partial charge in [0.05, 0.1) is 19.6 Å². The summed E-state index contributed by atoms with van der Waals surface area (Å²) in [5, 5.41) is 0. The average Bonchev–Trinajstić information content (AvgIpc) is 3.30. The minimum Gasteiger partial charge on any atom is -0.462 e. The average molecular weight is 934 g/mol. The van der Waals surface area contributed by atoms with Crippen molar-refractivity contribution in [1.82, 2.24) is 0 Å². The molecule has 0 rings (SSSR count). The normalized spacial score (nSPS) is 13.6. The van der Waals surface area contributed by atoms with Crippen LogP contribution >= 0.6 is 7.82 Å².